The Bertz CT molecular complexity index is 1370. The van der Waals surface area contributed by atoms with Crippen molar-refractivity contribution in [3.8, 4) is 0 Å². The number of fused-ring (bicyclic) bond motifs is 2. The number of hydrogen-bond donors (Lipinski definition) is 2. The van der Waals surface area contributed by atoms with E-state index >= 15 is 0 Å². The van der Waals surface area contributed by atoms with E-state index in [1.165, 1.54) is 6.33 Å². The van der Waals surface area contributed by atoms with Crippen molar-refractivity contribution in [2.75, 3.05) is 11.9 Å². The highest BCUT2D eigenvalue weighted by atomic mass is 16.3. The molecular weight excluding hydrogens is 396 g/mol. The van der Waals surface area contributed by atoms with Crippen molar-refractivity contribution in [2.24, 2.45) is 18.4 Å². The van der Waals surface area contributed by atoms with Gasteiger partial charge >= 0.3 is 5.69 Å². The number of aromatic nitrogens is 7. The molecule has 10 nitrogen and oxygen atoms in total. The first-order chi connectivity index (χ1) is 15.0. The number of imidazole rings is 1. The van der Waals surface area contributed by atoms with E-state index < -0.39 is 0 Å². The maximum absolute atomic E-state index is 13.0. The minimum absolute atomic E-state index is 0.0560. The Morgan fingerprint density at radius 1 is 1.26 bits per heavy atom. The molecule has 160 valence electrons. The molecule has 0 aromatic carbocycles. The summed E-state index contributed by atoms with van der Waals surface area (Å²) in [4.78, 5) is 26.3. The molecule has 4 heterocycles. The topological polar surface area (TPSA) is 115 Å². The number of rotatable bonds is 4. The van der Waals surface area contributed by atoms with Gasteiger partial charge in [-0.1, -0.05) is 0 Å². The van der Waals surface area contributed by atoms with Gasteiger partial charge in [0.25, 0.3) is 0 Å². The van der Waals surface area contributed by atoms with Crippen LogP contribution in [0.3, 0.4) is 0 Å². The monoisotopic (exact) mass is 420 g/mol. The third-order valence-electron chi connectivity index (χ3n) is 7.11. The first-order valence-electron chi connectivity index (χ1n) is 10.6. The van der Waals surface area contributed by atoms with Crippen LogP contribution in [0.15, 0.2) is 29.6 Å². The Kier molecular flexibility index (Phi) is 3.80. The molecule has 0 saturated heterocycles. The summed E-state index contributed by atoms with van der Waals surface area (Å²) < 4.78 is 5.14. The predicted molar refractivity (Wildman–Crippen MR) is 114 cm³/mol. The van der Waals surface area contributed by atoms with Gasteiger partial charge in [-0.15, -0.1) is 0 Å². The number of hydrogen-bond acceptors (Lipinski definition) is 7. The lowest BCUT2D eigenvalue weighted by atomic mass is 9.50. The summed E-state index contributed by atoms with van der Waals surface area (Å²) >= 11 is 0. The minimum Gasteiger partial charge on any atom is -0.396 e. The Balaban J connectivity index is 1.34. The van der Waals surface area contributed by atoms with Crippen molar-refractivity contribution in [2.45, 2.75) is 38.6 Å². The summed E-state index contributed by atoms with van der Waals surface area (Å²) in [5.74, 6) is 0.862. The molecule has 0 unspecified atom stereocenters. The first-order valence-corrected chi connectivity index (χ1v) is 10.6. The van der Waals surface area contributed by atoms with Crippen LogP contribution in [0, 0.1) is 18.3 Å². The van der Waals surface area contributed by atoms with Gasteiger partial charge in [0.1, 0.15) is 11.8 Å². The molecule has 1 spiro atoms. The van der Waals surface area contributed by atoms with Crippen molar-refractivity contribution < 1.29 is 5.11 Å². The molecule has 2 aliphatic rings. The SMILES string of the molecule is Cc1cc2ncnn2cc1Nc1ncc2c(n1)n(C1CC3(CC(CO)C3)C1)c(=O)n2C. The van der Waals surface area contributed by atoms with Gasteiger partial charge in [0.2, 0.25) is 5.95 Å². The zero-order valence-corrected chi connectivity index (χ0v) is 17.5. The van der Waals surface area contributed by atoms with Crippen molar-refractivity contribution in [3.63, 3.8) is 0 Å². The number of nitrogens with zero attached hydrogens (tertiary/aromatic N) is 7. The van der Waals surface area contributed by atoms with Crippen LogP contribution in [0.5, 0.6) is 0 Å². The van der Waals surface area contributed by atoms with E-state index in [4.69, 9.17) is 4.98 Å². The van der Waals surface area contributed by atoms with Crippen LogP contribution >= 0.6 is 0 Å². The van der Waals surface area contributed by atoms with Crippen LogP contribution in [-0.2, 0) is 7.05 Å². The smallest absolute Gasteiger partial charge is 0.330 e. The molecular formula is C21H24N8O2. The lowest BCUT2D eigenvalue weighted by Crippen LogP contribution is -2.50. The Hall–Kier alpha value is -3.27. The van der Waals surface area contributed by atoms with Crippen LogP contribution in [0.25, 0.3) is 16.8 Å². The fourth-order valence-electron chi connectivity index (χ4n) is 5.48. The molecule has 0 atom stereocenters. The third kappa shape index (κ3) is 2.71. The van der Waals surface area contributed by atoms with Crippen LogP contribution < -0.4 is 11.0 Å². The Labute approximate surface area is 177 Å². The van der Waals surface area contributed by atoms with E-state index in [-0.39, 0.29) is 18.3 Å². The second-order valence-electron chi connectivity index (χ2n) is 9.19. The van der Waals surface area contributed by atoms with Gasteiger partial charge < -0.3 is 10.4 Å². The summed E-state index contributed by atoms with van der Waals surface area (Å²) in [5.41, 5.74) is 4.23. The van der Waals surface area contributed by atoms with E-state index in [1.807, 2.05) is 23.8 Å². The fourth-order valence-corrected chi connectivity index (χ4v) is 5.48. The summed E-state index contributed by atoms with van der Waals surface area (Å²) in [6.07, 6.45) is 9.13. The molecule has 2 aliphatic carbocycles. The Morgan fingerprint density at radius 2 is 2.06 bits per heavy atom. The molecule has 0 amide bonds. The highest BCUT2D eigenvalue weighted by molar-refractivity contribution is 5.73. The number of nitrogens with one attached hydrogen (secondary N) is 1. The number of aryl methyl sites for hydroxylation is 2. The summed E-state index contributed by atoms with van der Waals surface area (Å²) in [6.45, 7) is 2.25. The predicted octanol–water partition coefficient (Wildman–Crippen LogP) is 1.95. The molecule has 6 rings (SSSR count). The minimum atomic E-state index is -0.0560. The van der Waals surface area contributed by atoms with E-state index in [0.29, 0.717) is 22.9 Å². The van der Waals surface area contributed by atoms with Crippen molar-refractivity contribution in [1.29, 1.82) is 0 Å². The Morgan fingerprint density at radius 3 is 2.84 bits per heavy atom. The van der Waals surface area contributed by atoms with Crippen LogP contribution in [-0.4, -0.2) is 45.4 Å². The highest BCUT2D eigenvalue weighted by Crippen LogP contribution is 2.62. The maximum Gasteiger partial charge on any atom is 0.330 e. The standard InChI is InChI=1S/C21H24N8O2/c1-12-3-17-23-11-24-28(17)9-15(12)25-19-22-8-16-18(26-19)29(20(31)27(16)2)14-6-21(7-14)4-13(5-21)10-30/h3,8-9,11,13-14,30H,4-7,10H2,1-2H3,(H,22,25,26). The number of anilines is 2. The summed E-state index contributed by atoms with van der Waals surface area (Å²) in [6, 6.07) is 2.09. The van der Waals surface area contributed by atoms with Gasteiger partial charge in [0, 0.05) is 19.7 Å². The number of pyridine rings is 1. The zero-order chi connectivity index (χ0) is 21.3. The largest absolute Gasteiger partial charge is 0.396 e. The normalized spacial score (nSPS) is 25.1. The van der Waals surface area contributed by atoms with Gasteiger partial charge in [-0.3, -0.25) is 9.13 Å². The van der Waals surface area contributed by atoms with Gasteiger partial charge in [0.15, 0.2) is 11.3 Å². The van der Waals surface area contributed by atoms with Crippen molar-refractivity contribution >= 4 is 28.4 Å². The lowest BCUT2D eigenvalue weighted by Gasteiger charge is -2.57. The van der Waals surface area contributed by atoms with Crippen LogP contribution in [0.1, 0.15) is 37.3 Å². The zero-order valence-electron chi connectivity index (χ0n) is 17.5. The van der Waals surface area contributed by atoms with Gasteiger partial charge in [-0.25, -0.2) is 19.3 Å². The van der Waals surface area contributed by atoms with Crippen molar-refractivity contribution in [3.05, 3.63) is 40.8 Å². The fraction of sp³-hybridized carbons (Fsp3) is 0.476. The third-order valence-corrected chi connectivity index (χ3v) is 7.11. The van der Waals surface area contributed by atoms with Gasteiger partial charge in [0.05, 0.1) is 18.1 Å². The van der Waals surface area contributed by atoms with Gasteiger partial charge in [-0.05, 0) is 55.6 Å². The molecule has 4 aromatic rings. The van der Waals surface area contributed by atoms with Crippen molar-refractivity contribution in [1.82, 2.24) is 33.7 Å². The van der Waals surface area contributed by atoms with Crippen LogP contribution in [0.4, 0.5) is 11.6 Å². The molecule has 2 N–H and O–H groups in total. The quantitative estimate of drug-likeness (QED) is 0.518. The molecule has 2 saturated carbocycles. The number of aliphatic hydroxyl groups is 1. The summed E-state index contributed by atoms with van der Waals surface area (Å²) in [7, 11) is 1.76. The van der Waals surface area contributed by atoms with Crippen LogP contribution in [0.2, 0.25) is 0 Å². The molecule has 31 heavy (non-hydrogen) atoms. The second kappa shape index (κ2) is 6.36. The van der Waals surface area contributed by atoms with E-state index in [1.54, 1.807) is 22.3 Å². The molecule has 0 aliphatic heterocycles. The van der Waals surface area contributed by atoms with E-state index in [9.17, 15) is 9.90 Å². The first kappa shape index (κ1) is 18.5. The van der Waals surface area contributed by atoms with E-state index in [0.717, 1.165) is 48.1 Å². The maximum atomic E-state index is 13.0. The molecule has 0 bridgehead atoms. The summed E-state index contributed by atoms with van der Waals surface area (Å²) in [5, 5.41) is 16.8. The molecule has 2 fully saturated rings. The molecule has 0 radical (unpaired) electrons. The average Bonchev–Trinajstić information content (AvgIpc) is 3.23. The lowest BCUT2D eigenvalue weighted by molar-refractivity contribution is -0.0773. The molecule has 10 heteroatoms. The number of aliphatic hydroxyl groups excluding tert-OH is 1. The highest BCUT2D eigenvalue weighted by Gasteiger charge is 2.53. The second-order valence-corrected chi connectivity index (χ2v) is 9.19. The van der Waals surface area contributed by atoms with E-state index in [2.05, 4.69) is 20.4 Å². The average molecular weight is 420 g/mol. The molecule has 4 aromatic heterocycles. The van der Waals surface area contributed by atoms with Gasteiger partial charge in [-0.2, -0.15) is 10.1 Å².